The average Bonchev–Trinajstić information content (AvgIpc) is 3.01. The Kier molecular flexibility index (Phi) is 3.85. The zero-order valence-electron chi connectivity index (χ0n) is 12.0. The summed E-state index contributed by atoms with van der Waals surface area (Å²) < 4.78 is 0. The number of likely N-dealkylation sites (tertiary alicyclic amines) is 1. The number of fused-ring (bicyclic) bond motifs is 1. The fraction of sp³-hybridized carbons (Fsp3) is 0.538. The minimum Gasteiger partial charge on any atom is -0.360 e. The van der Waals surface area contributed by atoms with E-state index in [2.05, 4.69) is 30.8 Å². The average molecular weight is 289 g/mol. The van der Waals surface area contributed by atoms with Crippen LogP contribution in [0.4, 0.5) is 11.8 Å². The SMILES string of the molecule is CNc1nc(NCC(=O)N2CCCCC2)c2cn[nH]c2n1. The van der Waals surface area contributed by atoms with E-state index in [9.17, 15) is 4.79 Å². The number of aromatic nitrogens is 4. The Bertz CT molecular complexity index is 632. The second-order valence-corrected chi connectivity index (χ2v) is 5.07. The van der Waals surface area contributed by atoms with Gasteiger partial charge in [0, 0.05) is 20.1 Å². The van der Waals surface area contributed by atoms with Crippen LogP contribution in [-0.2, 0) is 4.79 Å². The van der Waals surface area contributed by atoms with Gasteiger partial charge in [-0.25, -0.2) is 0 Å². The molecule has 1 fully saturated rings. The molecule has 0 aliphatic carbocycles. The van der Waals surface area contributed by atoms with Crippen LogP contribution in [0, 0.1) is 0 Å². The Morgan fingerprint density at radius 3 is 2.90 bits per heavy atom. The number of anilines is 2. The molecule has 0 atom stereocenters. The molecule has 1 aliphatic rings. The molecule has 0 unspecified atom stereocenters. The first-order valence-corrected chi connectivity index (χ1v) is 7.18. The molecule has 0 radical (unpaired) electrons. The van der Waals surface area contributed by atoms with Gasteiger partial charge in [-0.3, -0.25) is 9.89 Å². The van der Waals surface area contributed by atoms with Crippen molar-refractivity contribution in [3.8, 4) is 0 Å². The highest BCUT2D eigenvalue weighted by Gasteiger charge is 2.17. The standard InChI is InChI=1S/C13H19N7O/c1-14-13-17-11(9-7-16-19-12(9)18-13)15-8-10(21)20-5-3-2-4-6-20/h7H,2-6,8H2,1H3,(H3,14,15,16,17,18,19). The summed E-state index contributed by atoms with van der Waals surface area (Å²) in [6.45, 7) is 1.95. The highest BCUT2D eigenvalue weighted by Crippen LogP contribution is 2.19. The second-order valence-electron chi connectivity index (χ2n) is 5.07. The van der Waals surface area contributed by atoms with Gasteiger partial charge >= 0.3 is 0 Å². The van der Waals surface area contributed by atoms with Crippen molar-refractivity contribution in [3.63, 3.8) is 0 Å². The van der Waals surface area contributed by atoms with Gasteiger partial charge in [0.25, 0.3) is 0 Å². The van der Waals surface area contributed by atoms with E-state index in [1.165, 1.54) is 6.42 Å². The number of hydrogen-bond acceptors (Lipinski definition) is 6. The van der Waals surface area contributed by atoms with Crippen molar-refractivity contribution in [2.45, 2.75) is 19.3 Å². The van der Waals surface area contributed by atoms with Gasteiger partial charge in [0.15, 0.2) is 5.65 Å². The minimum absolute atomic E-state index is 0.107. The molecule has 1 aliphatic heterocycles. The van der Waals surface area contributed by atoms with Crippen LogP contribution in [-0.4, -0.2) is 57.7 Å². The number of H-pyrrole nitrogens is 1. The van der Waals surface area contributed by atoms with Crippen molar-refractivity contribution < 1.29 is 4.79 Å². The van der Waals surface area contributed by atoms with Crippen LogP contribution in [0.15, 0.2) is 6.20 Å². The van der Waals surface area contributed by atoms with Gasteiger partial charge in [0.2, 0.25) is 11.9 Å². The Labute approximate surface area is 122 Å². The molecule has 1 amide bonds. The number of carbonyl (C=O) groups is 1. The van der Waals surface area contributed by atoms with Crippen LogP contribution in [0.3, 0.4) is 0 Å². The number of piperidine rings is 1. The second kappa shape index (κ2) is 5.94. The van der Waals surface area contributed by atoms with Gasteiger partial charge < -0.3 is 15.5 Å². The number of aromatic amines is 1. The summed E-state index contributed by atoms with van der Waals surface area (Å²) in [5.41, 5.74) is 0.641. The molecule has 1 saturated heterocycles. The molecule has 0 spiro atoms. The van der Waals surface area contributed by atoms with Crippen molar-refractivity contribution >= 4 is 28.7 Å². The zero-order valence-corrected chi connectivity index (χ0v) is 12.0. The number of amides is 1. The normalized spacial score (nSPS) is 15.2. The molecule has 3 N–H and O–H groups in total. The minimum atomic E-state index is 0.107. The highest BCUT2D eigenvalue weighted by atomic mass is 16.2. The van der Waals surface area contributed by atoms with Crippen LogP contribution in [0.5, 0.6) is 0 Å². The van der Waals surface area contributed by atoms with E-state index in [1.54, 1.807) is 13.2 Å². The van der Waals surface area contributed by atoms with Crippen LogP contribution in [0.2, 0.25) is 0 Å². The first-order valence-electron chi connectivity index (χ1n) is 7.18. The Morgan fingerprint density at radius 1 is 1.33 bits per heavy atom. The molecular weight excluding hydrogens is 270 g/mol. The van der Waals surface area contributed by atoms with Gasteiger partial charge in [0.1, 0.15) is 5.82 Å². The summed E-state index contributed by atoms with van der Waals surface area (Å²) in [5, 5.41) is 13.5. The van der Waals surface area contributed by atoms with Crippen molar-refractivity contribution in [1.29, 1.82) is 0 Å². The molecule has 8 nitrogen and oxygen atoms in total. The lowest BCUT2D eigenvalue weighted by Crippen LogP contribution is -2.39. The monoisotopic (exact) mass is 289 g/mol. The molecule has 2 aromatic heterocycles. The molecule has 0 aromatic carbocycles. The molecule has 2 aromatic rings. The quantitative estimate of drug-likeness (QED) is 0.770. The lowest BCUT2D eigenvalue weighted by atomic mass is 10.1. The summed E-state index contributed by atoms with van der Waals surface area (Å²) in [6, 6.07) is 0. The summed E-state index contributed by atoms with van der Waals surface area (Å²) in [6.07, 6.45) is 5.05. The van der Waals surface area contributed by atoms with Crippen molar-refractivity contribution in [2.24, 2.45) is 0 Å². The molecule has 3 rings (SSSR count). The maximum atomic E-state index is 12.2. The summed E-state index contributed by atoms with van der Waals surface area (Å²) in [4.78, 5) is 22.7. The van der Waals surface area contributed by atoms with Crippen LogP contribution < -0.4 is 10.6 Å². The highest BCUT2D eigenvalue weighted by molar-refractivity contribution is 5.89. The Balaban J connectivity index is 1.72. The lowest BCUT2D eigenvalue weighted by Gasteiger charge is -2.26. The predicted octanol–water partition coefficient (Wildman–Crippen LogP) is 0.819. The van der Waals surface area contributed by atoms with Crippen LogP contribution in [0.1, 0.15) is 19.3 Å². The molecule has 0 saturated carbocycles. The molecule has 0 bridgehead atoms. The van der Waals surface area contributed by atoms with E-state index in [1.807, 2.05) is 4.90 Å². The largest absolute Gasteiger partial charge is 0.360 e. The number of carbonyl (C=O) groups excluding carboxylic acids is 1. The fourth-order valence-electron chi connectivity index (χ4n) is 2.50. The number of hydrogen-bond donors (Lipinski definition) is 3. The topological polar surface area (TPSA) is 98.8 Å². The molecule has 21 heavy (non-hydrogen) atoms. The van der Waals surface area contributed by atoms with Crippen LogP contribution >= 0.6 is 0 Å². The summed E-state index contributed by atoms with van der Waals surface area (Å²) in [7, 11) is 1.75. The zero-order chi connectivity index (χ0) is 14.7. The Morgan fingerprint density at radius 2 is 2.14 bits per heavy atom. The molecule has 112 valence electrons. The van der Waals surface area contributed by atoms with E-state index < -0.39 is 0 Å². The third-order valence-corrected chi connectivity index (χ3v) is 3.65. The van der Waals surface area contributed by atoms with E-state index in [4.69, 9.17) is 0 Å². The fourth-order valence-corrected chi connectivity index (χ4v) is 2.50. The Hall–Kier alpha value is -2.38. The van der Waals surface area contributed by atoms with E-state index in [0.29, 0.717) is 17.4 Å². The predicted molar refractivity (Wildman–Crippen MR) is 80.2 cm³/mol. The van der Waals surface area contributed by atoms with E-state index >= 15 is 0 Å². The lowest BCUT2D eigenvalue weighted by molar-refractivity contribution is -0.130. The smallest absolute Gasteiger partial charge is 0.241 e. The van der Waals surface area contributed by atoms with Gasteiger partial charge in [-0.1, -0.05) is 0 Å². The summed E-state index contributed by atoms with van der Waals surface area (Å²) in [5.74, 6) is 1.21. The van der Waals surface area contributed by atoms with Crippen molar-refractivity contribution in [1.82, 2.24) is 25.1 Å². The third-order valence-electron chi connectivity index (χ3n) is 3.65. The van der Waals surface area contributed by atoms with Gasteiger partial charge in [0.05, 0.1) is 18.1 Å². The first kappa shape index (κ1) is 13.6. The van der Waals surface area contributed by atoms with Crippen LogP contribution in [0.25, 0.3) is 11.0 Å². The first-order chi connectivity index (χ1) is 10.3. The number of nitrogens with zero attached hydrogens (tertiary/aromatic N) is 4. The van der Waals surface area contributed by atoms with Crippen molar-refractivity contribution in [2.75, 3.05) is 37.3 Å². The maximum absolute atomic E-state index is 12.2. The third kappa shape index (κ3) is 2.88. The van der Waals surface area contributed by atoms with Gasteiger partial charge in [-0.2, -0.15) is 15.1 Å². The molecule has 3 heterocycles. The van der Waals surface area contributed by atoms with E-state index in [0.717, 1.165) is 31.3 Å². The van der Waals surface area contributed by atoms with E-state index in [-0.39, 0.29) is 12.5 Å². The summed E-state index contributed by atoms with van der Waals surface area (Å²) >= 11 is 0. The number of nitrogens with one attached hydrogen (secondary N) is 3. The van der Waals surface area contributed by atoms with Crippen molar-refractivity contribution in [3.05, 3.63) is 6.20 Å². The van der Waals surface area contributed by atoms with Gasteiger partial charge in [-0.05, 0) is 19.3 Å². The molecule has 8 heteroatoms. The van der Waals surface area contributed by atoms with Gasteiger partial charge in [-0.15, -0.1) is 0 Å². The molecular formula is C13H19N7O. The number of rotatable bonds is 4. The maximum Gasteiger partial charge on any atom is 0.241 e.